The minimum absolute atomic E-state index is 0.473. The van der Waals surface area contributed by atoms with Gasteiger partial charge in [0.15, 0.2) is 0 Å². The van der Waals surface area contributed by atoms with Crippen LogP contribution in [0.4, 0.5) is 11.5 Å². The van der Waals surface area contributed by atoms with Crippen LogP contribution in [0.1, 0.15) is 0 Å². The number of halogens is 1. The molecule has 1 aliphatic rings. The third-order valence-corrected chi connectivity index (χ3v) is 3.58. The summed E-state index contributed by atoms with van der Waals surface area (Å²) < 4.78 is 0. The van der Waals surface area contributed by atoms with Crippen molar-refractivity contribution in [2.45, 2.75) is 6.04 Å². The lowest BCUT2D eigenvalue weighted by atomic mass is 10.2. The Kier molecular flexibility index (Phi) is 4.27. The zero-order valence-corrected chi connectivity index (χ0v) is 11.6. The molecular formula is C12H20ClN5. The minimum Gasteiger partial charge on any atom is -0.396 e. The number of nitrogens with zero attached hydrogens (tertiary/aromatic N) is 3. The lowest BCUT2D eigenvalue weighted by molar-refractivity contribution is 0.122. The summed E-state index contributed by atoms with van der Waals surface area (Å²) in [4.78, 5) is 8.90. The van der Waals surface area contributed by atoms with Gasteiger partial charge in [-0.1, -0.05) is 11.6 Å². The maximum atomic E-state index is 5.87. The summed E-state index contributed by atoms with van der Waals surface area (Å²) in [5, 5.41) is 3.86. The molecule has 100 valence electrons. The Morgan fingerprint density at radius 3 is 3.00 bits per heavy atom. The van der Waals surface area contributed by atoms with Crippen LogP contribution < -0.4 is 11.1 Å². The van der Waals surface area contributed by atoms with Crippen molar-refractivity contribution >= 4 is 23.1 Å². The summed E-state index contributed by atoms with van der Waals surface area (Å²) in [6, 6.07) is 2.19. The molecule has 1 aromatic heterocycles. The summed E-state index contributed by atoms with van der Waals surface area (Å²) in [7, 11) is 4.30. The number of pyridine rings is 1. The van der Waals surface area contributed by atoms with Crippen LogP contribution in [0.5, 0.6) is 0 Å². The fraction of sp³-hybridized carbons (Fsp3) is 0.583. The molecule has 3 N–H and O–H groups in total. The van der Waals surface area contributed by atoms with Gasteiger partial charge in [0.05, 0.1) is 10.7 Å². The smallest absolute Gasteiger partial charge is 0.149 e. The Balaban J connectivity index is 1.94. The fourth-order valence-electron chi connectivity index (χ4n) is 2.14. The van der Waals surface area contributed by atoms with Crippen LogP contribution in [0.2, 0.25) is 5.02 Å². The van der Waals surface area contributed by atoms with Crippen molar-refractivity contribution in [2.75, 3.05) is 51.3 Å². The normalized spacial score (nSPS) is 22.1. The molecule has 2 rings (SSSR count). The van der Waals surface area contributed by atoms with Gasteiger partial charge in [0.1, 0.15) is 5.82 Å². The molecule has 0 amide bonds. The number of piperazine rings is 1. The fourth-order valence-corrected chi connectivity index (χ4v) is 2.31. The molecule has 18 heavy (non-hydrogen) atoms. The molecule has 0 spiro atoms. The van der Waals surface area contributed by atoms with Gasteiger partial charge in [0.25, 0.3) is 0 Å². The largest absolute Gasteiger partial charge is 0.396 e. The zero-order chi connectivity index (χ0) is 13.1. The van der Waals surface area contributed by atoms with Gasteiger partial charge in [-0.05, 0) is 20.2 Å². The second kappa shape index (κ2) is 5.73. The zero-order valence-electron chi connectivity index (χ0n) is 10.9. The van der Waals surface area contributed by atoms with Crippen molar-refractivity contribution in [1.29, 1.82) is 0 Å². The molecule has 1 unspecified atom stereocenters. The number of nitrogens with one attached hydrogen (secondary N) is 1. The lowest BCUT2D eigenvalue weighted by Gasteiger charge is -2.37. The molecule has 1 aliphatic heterocycles. The van der Waals surface area contributed by atoms with Crippen LogP contribution >= 0.6 is 11.6 Å². The van der Waals surface area contributed by atoms with E-state index in [1.165, 1.54) is 0 Å². The number of nitrogens with two attached hydrogens (primary N) is 1. The number of hydrogen-bond acceptors (Lipinski definition) is 5. The summed E-state index contributed by atoms with van der Waals surface area (Å²) in [6.45, 7) is 4.09. The van der Waals surface area contributed by atoms with Crippen LogP contribution in [-0.2, 0) is 0 Å². The van der Waals surface area contributed by atoms with Gasteiger partial charge in [0.2, 0.25) is 0 Å². The molecule has 0 radical (unpaired) electrons. The highest BCUT2D eigenvalue weighted by Crippen LogP contribution is 2.19. The number of aromatic nitrogens is 1. The van der Waals surface area contributed by atoms with Crippen LogP contribution in [0.3, 0.4) is 0 Å². The molecule has 1 fully saturated rings. The van der Waals surface area contributed by atoms with Gasteiger partial charge < -0.3 is 16.0 Å². The van der Waals surface area contributed by atoms with Gasteiger partial charge in [-0.25, -0.2) is 4.98 Å². The van der Waals surface area contributed by atoms with Gasteiger partial charge in [-0.2, -0.15) is 0 Å². The Morgan fingerprint density at radius 2 is 2.28 bits per heavy atom. The predicted octanol–water partition coefficient (Wildman–Crippen LogP) is 0.975. The van der Waals surface area contributed by atoms with Crippen molar-refractivity contribution in [3.63, 3.8) is 0 Å². The monoisotopic (exact) mass is 269 g/mol. The number of likely N-dealkylation sites (N-methyl/N-ethyl adjacent to an activating group) is 2. The molecule has 0 aliphatic carbocycles. The van der Waals surface area contributed by atoms with Gasteiger partial charge in [0, 0.05) is 38.4 Å². The van der Waals surface area contributed by atoms with E-state index in [2.05, 4.69) is 34.2 Å². The average molecular weight is 270 g/mol. The molecule has 0 aromatic carbocycles. The first kappa shape index (κ1) is 13.4. The van der Waals surface area contributed by atoms with Crippen molar-refractivity contribution in [3.05, 3.63) is 17.3 Å². The first-order valence-electron chi connectivity index (χ1n) is 6.10. The van der Waals surface area contributed by atoms with Crippen LogP contribution in [0, 0.1) is 0 Å². The van der Waals surface area contributed by atoms with E-state index in [1.807, 2.05) is 0 Å². The van der Waals surface area contributed by atoms with Gasteiger partial charge in [-0.3, -0.25) is 4.90 Å². The topological polar surface area (TPSA) is 57.4 Å². The predicted molar refractivity (Wildman–Crippen MR) is 76.1 cm³/mol. The van der Waals surface area contributed by atoms with E-state index >= 15 is 0 Å². The van der Waals surface area contributed by atoms with E-state index in [4.69, 9.17) is 17.3 Å². The number of rotatable bonds is 3. The first-order chi connectivity index (χ1) is 8.56. The van der Waals surface area contributed by atoms with E-state index < -0.39 is 0 Å². The maximum Gasteiger partial charge on any atom is 0.149 e. The molecule has 5 nitrogen and oxygen atoms in total. The highest BCUT2D eigenvalue weighted by Gasteiger charge is 2.21. The van der Waals surface area contributed by atoms with E-state index in [1.54, 1.807) is 12.3 Å². The first-order valence-corrected chi connectivity index (χ1v) is 6.47. The molecule has 0 bridgehead atoms. The van der Waals surface area contributed by atoms with Crippen molar-refractivity contribution in [3.8, 4) is 0 Å². The van der Waals surface area contributed by atoms with Crippen molar-refractivity contribution in [2.24, 2.45) is 0 Å². The number of anilines is 2. The van der Waals surface area contributed by atoms with E-state index in [0.29, 0.717) is 22.6 Å². The summed E-state index contributed by atoms with van der Waals surface area (Å²) in [6.07, 6.45) is 1.61. The maximum absolute atomic E-state index is 5.87. The molecular weight excluding hydrogens is 250 g/mol. The average Bonchev–Trinajstić information content (AvgIpc) is 2.32. The summed E-state index contributed by atoms with van der Waals surface area (Å²) in [5.41, 5.74) is 6.46. The Hall–Kier alpha value is -1.04. The minimum atomic E-state index is 0.473. The van der Waals surface area contributed by atoms with E-state index in [-0.39, 0.29) is 0 Å². The SMILES string of the molecule is CN1CCN(C)C(CNc2ncc(Cl)cc2N)C1. The number of hydrogen-bond donors (Lipinski definition) is 2. The Bertz CT molecular complexity index is 411. The second-order valence-corrected chi connectivity index (χ2v) is 5.31. The molecule has 1 aromatic rings. The van der Waals surface area contributed by atoms with Crippen molar-refractivity contribution < 1.29 is 0 Å². The molecule has 6 heteroatoms. The third kappa shape index (κ3) is 3.25. The highest BCUT2D eigenvalue weighted by molar-refractivity contribution is 6.30. The molecule has 2 heterocycles. The molecule has 0 saturated carbocycles. The third-order valence-electron chi connectivity index (χ3n) is 3.37. The summed E-state index contributed by atoms with van der Waals surface area (Å²) in [5.74, 6) is 0.709. The van der Waals surface area contributed by atoms with Gasteiger partial charge in [-0.15, -0.1) is 0 Å². The standard InChI is InChI=1S/C12H20ClN5/c1-17-3-4-18(2)10(8-17)7-16-12-11(14)5-9(13)6-15-12/h5-6,10H,3-4,7-8,14H2,1-2H3,(H,15,16). The van der Waals surface area contributed by atoms with Gasteiger partial charge >= 0.3 is 0 Å². The Morgan fingerprint density at radius 1 is 1.50 bits per heavy atom. The van der Waals surface area contributed by atoms with Crippen LogP contribution in [0.15, 0.2) is 12.3 Å². The highest BCUT2D eigenvalue weighted by atomic mass is 35.5. The van der Waals surface area contributed by atoms with E-state index in [9.17, 15) is 0 Å². The van der Waals surface area contributed by atoms with E-state index in [0.717, 1.165) is 26.2 Å². The lowest BCUT2D eigenvalue weighted by Crippen LogP contribution is -2.52. The molecule has 1 atom stereocenters. The second-order valence-electron chi connectivity index (χ2n) is 4.87. The van der Waals surface area contributed by atoms with Crippen molar-refractivity contribution in [1.82, 2.24) is 14.8 Å². The Labute approximate surface area is 113 Å². The van der Waals surface area contributed by atoms with Crippen LogP contribution in [-0.4, -0.2) is 61.1 Å². The summed E-state index contributed by atoms with van der Waals surface area (Å²) >= 11 is 5.82. The quantitative estimate of drug-likeness (QED) is 0.857. The van der Waals surface area contributed by atoms with Crippen LogP contribution in [0.25, 0.3) is 0 Å². The molecule has 1 saturated heterocycles. The number of nitrogen functional groups attached to an aromatic ring is 1.